The Kier molecular flexibility index (Phi) is 16.3. The van der Waals surface area contributed by atoms with Gasteiger partial charge in [0.1, 0.15) is 34.5 Å². The van der Waals surface area contributed by atoms with E-state index in [9.17, 15) is 5.11 Å². The smallest absolute Gasteiger partial charge is 0.369 e. The number of para-hydroxylation sites is 2. The van der Waals surface area contributed by atoms with Crippen LogP contribution in [0.1, 0.15) is 33.1 Å². The summed E-state index contributed by atoms with van der Waals surface area (Å²) in [4.78, 5) is 38.0. The fourth-order valence-electron chi connectivity index (χ4n) is 8.58. The fourth-order valence-corrected chi connectivity index (χ4v) is 8.58. The Balaban J connectivity index is 0.000000164. The lowest BCUT2D eigenvalue weighted by molar-refractivity contribution is 0.0902. The molecule has 0 bridgehead atoms. The van der Waals surface area contributed by atoms with Crippen LogP contribution in [0.25, 0.3) is 78.5 Å². The molecule has 20 heteroatoms. The lowest BCUT2D eigenvalue weighted by atomic mass is 10.1. The molecular formula is C52H50BBr3N12O4. The molecule has 8 heterocycles. The predicted octanol–water partition coefficient (Wildman–Crippen LogP) is 11.7. The molecule has 0 saturated carbocycles. The summed E-state index contributed by atoms with van der Waals surface area (Å²) in [6.07, 6.45) is 7.24. The number of phenols is 1. The molecule has 3 N–H and O–H groups in total. The van der Waals surface area contributed by atoms with E-state index in [1.165, 1.54) is 0 Å². The highest BCUT2D eigenvalue weighted by Gasteiger charge is 2.22. The Morgan fingerprint density at radius 2 is 1.01 bits per heavy atom. The third-order valence-corrected chi connectivity index (χ3v) is 12.0. The van der Waals surface area contributed by atoms with Gasteiger partial charge in [0.15, 0.2) is 11.6 Å². The normalized spacial score (nSPS) is 13.9. The van der Waals surface area contributed by atoms with Gasteiger partial charge in [-0.25, -0.2) is 29.9 Å². The molecule has 0 amide bonds. The van der Waals surface area contributed by atoms with Gasteiger partial charge in [0.05, 0.1) is 40.2 Å². The summed E-state index contributed by atoms with van der Waals surface area (Å²) in [7, 11) is 1.66. The van der Waals surface area contributed by atoms with Crippen molar-refractivity contribution in [3.05, 3.63) is 134 Å². The minimum atomic E-state index is 0. The van der Waals surface area contributed by atoms with Gasteiger partial charge in [-0.15, -0.1) is 47.3 Å². The highest BCUT2D eigenvalue weighted by atomic mass is 79.9. The second-order valence-corrected chi connectivity index (χ2v) is 23.1. The number of hydrogen-bond acceptors (Lipinski definition) is 14. The molecule has 0 atom stereocenters. The van der Waals surface area contributed by atoms with Gasteiger partial charge >= 0.3 is 3.18 Å². The van der Waals surface area contributed by atoms with Crippen molar-refractivity contribution >= 4 is 106 Å². The Hall–Kier alpha value is -6.58. The quantitative estimate of drug-likeness (QED) is 0.116. The van der Waals surface area contributed by atoms with E-state index in [0.29, 0.717) is 40.9 Å². The first-order valence-corrected chi connectivity index (χ1v) is 25.8. The average Bonchev–Trinajstić information content (AvgIpc) is 3.98. The summed E-state index contributed by atoms with van der Waals surface area (Å²) in [6.45, 7) is 2.99. The number of nitrogens with one attached hydrogen (secondary N) is 2. The number of anilines is 2. The number of halogens is 3. The van der Waals surface area contributed by atoms with E-state index in [1.54, 1.807) is 31.6 Å². The largest absolute Gasteiger partial charge is 0.508 e. The highest BCUT2D eigenvalue weighted by Crippen LogP contribution is 2.33. The molecule has 12 rings (SSSR count). The van der Waals surface area contributed by atoms with Crippen molar-refractivity contribution in [2.24, 2.45) is 0 Å². The van der Waals surface area contributed by atoms with Crippen molar-refractivity contribution in [2.75, 3.05) is 44.2 Å². The van der Waals surface area contributed by atoms with Crippen LogP contribution in [0.4, 0.5) is 11.9 Å². The topological polar surface area (TPSA) is 185 Å². The lowest BCUT2D eigenvalue weighted by Gasteiger charge is -2.23. The molecule has 0 radical (unpaired) electrons. The summed E-state index contributed by atoms with van der Waals surface area (Å²) in [5.74, 6) is 4.84. The number of hydrogen-bond donors (Lipinski definition) is 3. The third-order valence-electron chi connectivity index (χ3n) is 12.0. The van der Waals surface area contributed by atoms with Crippen molar-refractivity contribution in [1.82, 2.24) is 49.0 Å². The summed E-state index contributed by atoms with van der Waals surface area (Å²) in [5.41, 5.74) is 6.52. The first kappa shape index (κ1) is 50.4. The molecule has 4 aromatic carbocycles. The Morgan fingerprint density at radius 1 is 0.556 bits per heavy atom. The number of aromatic hydroxyl groups is 1. The number of nitrogens with zero attached hydrogens (tertiary/aromatic N) is 10. The second-order valence-electron chi connectivity index (χ2n) is 16.6. The standard InChI is InChI=1S/C26H24N6O2.C25H22N6O2.CH4.BBr3/c1-33-19-7-9-23-22(16-19)30-25(21-8-6-17-4-2-3-5-20(17)29-21)32(23)24-10-13-27-26(31-24)28-18-11-14-34-15-12-18;32-18-6-8-22-21(15-18)29-24(20-7-5-16-3-1-2-4-19(16)28-20)31(22)23-9-12-26-25(30-23)27-17-10-13-33-14-11-17;;2-1(3)4/h2-10,13,16,18H,11-12,14-15H2,1H3,(H,27,28,31);1-9,12,15,17,32H,10-11,13-14H2,(H,26,27,30);1H4;. The minimum absolute atomic E-state index is 0. The SMILES string of the molecule is BrB(Br)Br.C.COc1ccc2c(c1)nc(-c1ccc3ccccc3n1)n2-c1ccnc(NC2CCOCC2)n1.Oc1ccc2c(c1)nc(-c1ccc3ccccc3n1)n2-c1ccnc(NC2CCOCC2)n1. The van der Waals surface area contributed by atoms with Crippen LogP contribution in [0.3, 0.4) is 0 Å². The number of benzene rings is 4. The first-order valence-electron chi connectivity index (χ1n) is 23.0. The van der Waals surface area contributed by atoms with Crippen LogP contribution >= 0.6 is 47.3 Å². The number of aromatic nitrogens is 10. The first-order chi connectivity index (χ1) is 34.8. The number of imidazole rings is 2. The average molecular weight is 1160 g/mol. The van der Waals surface area contributed by atoms with Crippen molar-refractivity contribution in [3.8, 4) is 46.2 Å². The van der Waals surface area contributed by atoms with Crippen LogP contribution in [-0.2, 0) is 9.47 Å². The molecule has 2 aliphatic heterocycles. The van der Waals surface area contributed by atoms with Crippen LogP contribution in [0.15, 0.2) is 134 Å². The number of pyridine rings is 2. The Morgan fingerprint density at radius 3 is 1.50 bits per heavy atom. The van der Waals surface area contributed by atoms with Crippen LogP contribution in [-0.4, -0.2) is 103 Å². The number of fused-ring (bicyclic) bond motifs is 4. The fraction of sp³-hybridized carbons (Fsp3) is 0.231. The van der Waals surface area contributed by atoms with E-state index in [2.05, 4.69) is 80.0 Å². The zero-order valence-corrected chi connectivity index (χ0v) is 43.1. The highest BCUT2D eigenvalue weighted by molar-refractivity contribution is 9.69. The zero-order valence-electron chi connectivity index (χ0n) is 38.4. The monoisotopic (exact) mass is 1150 g/mol. The minimum Gasteiger partial charge on any atom is -0.508 e. The maximum Gasteiger partial charge on any atom is 0.369 e. The molecule has 0 spiro atoms. The van der Waals surface area contributed by atoms with Crippen LogP contribution < -0.4 is 15.4 Å². The van der Waals surface area contributed by atoms with Gasteiger partial charge in [0.2, 0.25) is 11.9 Å². The van der Waals surface area contributed by atoms with E-state index in [-0.39, 0.29) is 22.4 Å². The molecule has 2 saturated heterocycles. The lowest BCUT2D eigenvalue weighted by Crippen LogP contribution is -2.28. The number of phenolic OH excluding ortho intramolecular Hbond substituents is 1. The zero-order chi connectivity index (χ0) is 48.7. The predicted molar refractivity (Wildman–Crippen MR) is 297 cm³/mol. The summed E-state index contributed by atoms with van der Waals surface area (Å²) in [6, 6.07) is 39.5. The van der Waals surface area contributed by atoms with Gasteiger partial charge < -0.3 is 30.0 Å². The number of methoxy groups -OCH3 is 1. The van der Waals surface area contributed by atoms with E-state index in [4.69, 9.17) is 44.1 Å². The summed E-state index contributed by atoms with van der Waals surface area (Å²) in [5, 5.41) is 19.1. The Bertz CT molecular complexity index is 3460. The molecule has 2 aliphatic rings. The molecule has 10 aromatic rings. The van der Waals surface area contributed by atoms with Gasteiger partial charge in [-0.1, -0.05) is 56.0 Å². The van der Waals surface area contributed by atoms with Crippen molar-refractivity contribution < 1.29 is 19.3 Å². The Labute approximate surface area is 441 Å². The van der Waals surface area contributed by atoms with Gasteiger partial charge in [0, 0.05) is 73.8 Å². The van der Waals surface area contributed by atoms with E-state index in [1.807, 2.05) is 106 Å². The molecule has 16 nitrogen and oxygen atoms in total. The van der Waals surface area contributed by atoms with Crippen LogP contribution in [0, 0.1) is 0 Å². The maximum atomic E-state index is 10.0. The summed E-state index contributed by atoms with van der Waals surface area (Å²) < 4.78 is 20.6. The van der Waals surface area contributed by atoms with E-state index in [0.717, 1.165) is 113 Å². The van der Waals surface area contributed by atoms with Crippen molar-refractivity contribution in [3.63, 3.8) is 0 Å². The van der Waals surface area contributed by atoms with Crippen molar-refractivity contribution in [2.45, 2.75) is 45.2 Å². The van der Waals surface area contributed by atoms with Gasteiger partial charge in [-0.2, -0.15) is 9.97 Å². The molecule has 0 unspecified atom stereocenters. The van der Waals surface area contributed by atoms with E-state index >= 15 is 0 Å². The molecule has 2 fully saturated rings. The molecule has 366 valence electrons. The number of rotatable bonds is 9. The molecule has 0 aliphatic carbocycles. The van der Waals surface area contributed by atoms with Crippen LogP contribution in [0.2, 0.25) is 0 Å². The van der Waals surface area contributed by atoms with Crippen LogP contribution in [0.5, 0.6) is 11.5 Å². The van der Waals surface area contributed by atoms with Gasteiger partial charge in [0.25, 0.3) is 0 Å². The second kappa shape index (κ2) is 23.3. The third kappa shape index (κ3) is 11.7. The van der Waals surface area contributed by atoms with Gasteiger partial charge in [-0.05, 0) is 86.3 Å². The molecular weight excluding hydrogens is 1110 g/mol. The maximum absolute atomic E-state index is 10.0. The molecule has 72 heavy (non-hydrogen) atoms. The van der Waals surface area contributed by atoms with Crippen molar-refractivity contribution in [1.29, 1.82) is 0 Å². The number of ether oxygens (including phenoxy) is 3. The van der Waals surface area contributed by atoms with Gasteiger partial charge in [-0.3, -0.25) is 9.13 Å². The van der Waals surface area contributed by atoms with E-state index < -0.39 is 0 Å². The summed E-state index contributed by atoms with van der Waals surface area (Å²) >= 11 is 9.31. The molecule has 6 aromatic heterocycles.